The summed E-state index contributed by atoms with van der Waals surface area (Å²) < 4.78 is 16.5. The lowest BCUT2D eigenvalue weighted by atomic mass is 9.93. The molecule has 1 atom stereocenters. The number of allylic oxidation sites excluding steroid dienone is 1. The number of rotatable bonds is 8. The Morgan fingerprint density at radius 1 is 1.18 bits per heavy atom. The molecule has 0 aliphatic rings. The maximum absolute atomic E-state index is 9.05. The number of benzene rings is 1. The van der Waals surface area contributed by atoms with E-state index < -0.39 is 0 Å². The minimum absolute atomic E-state index is 0.115. The molecular weight excluding hydrogens is 280 g/mol. The first-order valence-corrected chi connectivity index (χ1v) is 7.56. The van der Waals surface area contributed by atoms with Gasteiger partial charge in [0.1, 0.15) is 5.75 Å². The third kappa shape index (κ3) is 4.17. The second-order valence-electron chi connectivity index (χ2n) is 5.55. The average molecular weight is 308 g/mol. The van der Waals surface area contributed by atoms with E-state index in [-0.39, 0.29) is 6.61 Å². The maximum atomic E-state index is 9.05. The average Bonchev–Trinajstić information content (AvgIpc) is 2.53. The molecule has 0 saturated carbocycles. The third-order valence-electron chi connectivity index (χ3n) is 3.97. The molecular formula is C18H28O4. The molecule has 1 N–H and O–H groups in total. The molecule has 1 rings (SSSR count). The van der Waals surface area contributed by atoms with Gasteiger partial charge < -0.3 is 19.3 Å². The molecule has 0 bridgehead atoms. The monoisotopic (exact) mass is 308 g/mol. The summed E-state index contributed by atoms with van der Waals surface area (Å²) in [5, 5.41) is 9.05. The van der Waals surface area contributed by atoms with Crippen LogP contribution < -0.4 is 14.2 Å². The number of hydrogen-bond acceptors (Lipinski definition) is 4. The van der Waals surface area contributed by atoms with E-state index in [1.807, 2.05) is 19.9 Å². The molecule has 4 heteroatoms. The van der Waals surface area contributed by atoms with Gasteiger partial charge in [0.2, 0.25) is 0 Å². The highest BCUT2D eigenvalue weighted by molar-refractivity contribution is 5.58. The molecule has 22 heavy (non-hydrogen) atoms. The van der Waals surface area contributed by atoms with Gasteiger partial charge in [-0.05, 0) is 38.7 Å². The van der Waals surface area contributed by atoms with Crippen LogP contribution in [-0.4, -0.2) is 33.0 Å². The first kappa shape index (κ1) is 18.4. The fourth-order valence-electron chi connectivity index (χ4n) is 2.56. The van der Waals surface area contributed by atoms with Gasteiger partial charge in [-0.2, -0.15) is 0 Å². The molecule has 0 unspecified atom stereocenters. The third-order valence-corrected chi connectivity index (χ3v) is 3.97. The summed E-state index contributed by atoms with van der Waals surface area (Å²) in [5.41, 5.74) is 3.02. The summed E-state index contributed by atoms with van der Waals surface area (Å²) in [4.78, 5) is 0. The minimum Gasteiger partial charge on any atom is -0.496 e. The van der Waals surface area contributed by atoms with Gasteiger partial charge in [-0.1, -0.05) is 18.6 Å². The summed E-state index contributed by atoms with van der Waals surface area (Å²) >= 11 is 0. The Balaban J connectivity index is 3.11. The number of aliphatic hydroxyl groups is 1. The number of aliphatic hydroxyl groups excluding tert-OH is 1. The van der Waals surface area contributed by atoms with Crippen LogP contribution in [0.5, 0.6) is 17.2 Å². The summed E-state index contributed by atoms with van der Waals surface area (Å²) in [6, 6.07) is 2.03. The van der Waals surface area contributed by atoms with Crippen LogP contribution in [0.25, 0.3) is 0 Å². The molecule has 0 heterocycles. The highest BCUT2D eigenvalue weighted by Gasteiger charge is 2.21. The first-order valence-electron chi connectivity index (χ1n) is 7.56. The van der Waals surface area contributed by atoms with Gasteiger partial charge in [0.25, 0.3) is 0 Å². The van der Waals surface area contributed by atoms with Crippen molar-refractivity contribution in [3.05, 3.63) is 28.8 Å². The second kappa shape index (κ2) is 8.69. The normalized spacial score (nSPS) is 13.0. The zero-order valence-corrected chi connectivity index (χ0v) is 14.5. The lowest BCUT2D eigenvalue weighted by Crippen LogP contribution is -2.03. The Morgan fingerprint density at radius 2 is 1.82 bits per heavy atom. The van der Waals surface area contributed by atoms with Gasteiger partial charge in [-0.3, -0.25) is 0 Å². The minimum atomic E-state index is 0.115. The molecule has 1 aromatic rings. The zero-order chi connectivity index (χ0) is 16.7. The number of ether oxygens (including phenoxy) is 3. The van der Waals surface area contributed by atoms with Crippen molar-refractivity contribution in [2.24, 2.45) is 0 Å². The van der Waals surface area contributed by atoms with Crippen LogP contribution >= 0.6 is 0 Å². The van der Waals surface area contributed by atoms with Crippen molar-refractivity contribution in [2.75, 3.05) is 27.9 Å². The Labute approximate surface area is 133 Å². The van der Waals surface area contributed by atoms with Crippen LogP contribution in [0.2, 0.25) is 0 Å². The highest BCUT2D eigenvalue weighted by atomic mass is 16.5. The van der Waals surface area contributed by atoms with Crippen molar-refractivity contribution in [1.29, 1.82) is 0 Å². The Kier molecular flexibility index (Phi) is 7.25. The van der Waals surface area contributed by atoms with E-state index in [9.17, 15) is 0 Å². The fourth-order valence-corrected chi connectivity index (χ4v) is 2.56. The van der Waals surface area contributed by atoms with Crippen LogP contribution in [0.4, 0.5) is 0 Å². The molecule has 0 radical (unpaired) electrons. The van der Waals surface area contributed by atoms with Crippen LogP contribution in [0, 0.1) is 6.92 Å². The van der Waals surface area contributed by atoms with Crippen molar-refractivity contribution in [3.8, 4) is 17.2 Å². The first-order chi connectivity index (χ1) is 10.5. The zero-order valence-electron chi connectivity index (χ0n) is 14.5. The van der Waals surface area contributed by atoms with Crippen molar-refractivity contribution in [1.82, 2.24) is 0 Å². The number of hydrogen-bond donors (Lipinski definition) is 1. The molecule has 0 aliphatic heterocycles. The van der Waals surface area contributed by atoms with Gasteiger partial charge in [0.05, 0.1) is 27.9 Å². The van der Waals surface area contributed by atoms with E-state index in [2.05, 4.69) is 13.0 Å². The van der Waals surface area contributed by atoms with E-state index in [1.54, 1.807) is 21.3 Å². The largest absolute Gasteiger partial charge is 0.496 e. The van der Waals surface area contributed by atoms with E-state index in [1.165, 1.54) is 0 Å². The molecule has 0 aromatic heterocycles. The van der Waals surface area contributed by atoms with Crippen molar-refractivity contribution in [3.63, 3.8) is 0 Å². The van der Waals surface area contributed by atoms with E-state index in [0.29, 0.717) is 5.92 Å². The summed E-state index contributed by atoms with van der Waals surface area (Å²) in [7, 11) is 4.97. The number of methoxy groups -OCH3 is 3. The molecule has 1 aromatic carbocycles. The lowest BCUT2D eigenvalue weighted by Gasteiger charge is -2.21. The van der Waals surface area contributed by atoms with Crippen LogP contribution in [0.3, 0.4) is 0 Å². The van der Waals surface area contributed by atoms with Crippen LogP contribution in [0.15, 0.2) is 17.7 Å². The molecule has 0 amide bonds. The second-order valence-corrected chi connectivity index (χ2v) is 5.55. The van der Waals surface area contributed by atoms with Gasteiger partial charge in [-0.15, -0.1) is 0 Å². The molecule has 4 nitrogen and oxygen atoms in total. The Morgan fingerprint density at radius 3 is 2.32 bits per heavy atom. The smallest absolute Gasteiger partial charge is 0.167 e. The topological polar surface area (TPSA) is 47.9 Å². The van der Waals surface area contributed by atoms with Crippen molar-refractivity contribution >= 4 is 0 Å². The molecule has 0 fully saturated rings. The molecule has 0 aliphatic carbocycles. The van der Waals surface area contributed by atoms with E-state index in [4.69, 9.17) is 19.3 Å². The van der Waals surface area contributed by atoms with E-state index >= 15 is 0 Å². The Hall–Kier alpha value is -1.68. The lowest BCUT2D eigenvalue weighted by molar-refractivity contribution is 0.330. The SMILES string of the molecule is COc1cc([C@@H](C)CC/C=C(\C)CO)c(OC)c(OC)c1C. The summed E-state index contributed by atoms with van der Waals surface area (Å²) in [5.74, 6) is 2.60. The predicted molar refractivity (Wildman–Crippen MR) is 89.3 cm³/mol. The highest BCUT2D eigenvalue weighted by Crippen LogP contribution is 2.44. The summed E-state index contributed by atoms with van der Waals surface area (Å²) in [6.45, 7) is 6.17. The van der Waals surface area contributed by atoms with Crippen LogP contribution in [-0.2, 0) is 0 Å². The fraction of sp³-hybridized carbons (Fsp3) is 0.556. The standard InChI is InChI=1S/C18H28O4/c1-12(11-19)8-7-9-13(2)15-10-16(20-4)14(3)17(21-5)18(15)22-6/h8,10,13,19H,7,9,11H2,1-6H3/b12-8+/t13-/m0/s1. The van der Waals surface area contributed by atoms with Gasteiger partial charge >= 0.3 is 0 Å². The van der Waals surface area contributed by atoms with Gasteiger partial charge in [-0.25, -0.2) is 0 Å². The summed E-state index contributed by atoms with van der Waals surface area (Å²) in [6.07, 6.45) is 3.95. The van der Waals surface area contributed by atoms with E-state index in [0.717, 1.165) is 46.8 Å². The van der Waals surface area contributed by atoms with Crippen LogP contribution in [0.1, 0.15) is 43.7 Å². The van der Waals surface area contributed by atoms with Crippen molar-refractivity contribution < 1.29 is 19.3 Å². The van der Waals surface area contributed by atoms with Crippen molar-refractivity contribution in [2.45, 2.75) is 39.5 Å². The van der Waals surface area contributed by atoms with Gasteiger partial charge in [0.15, 0.2) is 11.5 Å². The predicted octanol–water partition coefficient (Wildman–Crippen LogP) is 3.84. The maximum Gasteiger partial charge on any atom is 0.167 e. The quantitative estimate of drug-likeness (QED) is 0.741. The molecule has 0 spiro atoms. The molecule has 124 valence electrons. The molecule has 0 saturated heterocycles. The van der Waals surface area contributed by atoms with Gasteiger partial charge in [0, 0.05) is 11.1 Å². The Bertz CT molecular complexity index is 520.